The number of anilines is 1. The Morgan fingerprint density at radius 3 is 2.75 bits per heavy atom. The smallest absolute Gasteiger partial charge is 0.191 e. The van der Waals surface area contributed by atoms with E-state index in [-0.39, 0.29) is 5.82 Å². The fourth-order valence-electron chi connectivity index (χ4n) is 2.34. The van der Waals surface area contributed by atoms with Gasteiger partial charge < -0.3 is 20.3 Å². The van der Waals surface area contributed by atoms with E-state index >= 15 is 0 Å². The van der Waals surface area contributed by atoms with Gasteiger partial charge in [0.2, 0.25) is 0 Å². The van der Waals surface area contributed by atoms with Gasteiger partial charge in [0.05, 0.1) is 5.69 Å². The topological polar surface area (TPSA) is 48.9 Å². The summed E-state index contributed by atoms with van der Waals surface area (Å²) in [6, 6.07) is 5.27. The van der Waals surface area contributed by atoms with Crippen LogP contribution in [0.4, 0.5) is 10.1 Å². The first kappa shape index (κ1) is 18.5. The minimum Gasteiger partial charge on any atom is -0.381 e. The van der Waals surface area contributed by atoms with E-state index in [1.165, 1.54) is 12.8 Å². The van der Waals surface area contributed by atoms with Gasteiger partial charge >= 0.3 is 0 Å². The second kappa shape index (κ2) is 9.47. The van der Waals surface area contributed by atoms with Gasteiger partial charge in [0.15, 0.2) is 5.96 Å². The van der Waals surface area contributed by atoms with Crippen LogP contribution in [0.2, 0.25) is 0 Å². The summed E-state index contributed by atoms with van der Waals surface area (Å²) in [4.78, 5) is 5.94. The minimum absolute atomic E-state index is 0.213. The van der Waals surface area contributed by atoms with E-state index in [1.807, 2.05) is 20.2 Å². The van der Waals surface area contributed by atoms with Crippen molar-refractivity contribution in [2.45, 2.75) is 25.8 Å². The van der Waals surface area contributed by atoms with E-state index in [2.05, 4.69) is 15.6 Å². The minimum atomic E-state index is -0.213. The molecule has 24 heavy (non-hydrogen) atoms. The lowest BCUT2D eigenvalue weighted by Gasteiger charge is -2.15. The maximum absolute atomic E-state index is 14.0. The number of benzene rings is 1. The van der Waals surface area contributed by atoms with Crippen LogP contribution in [0.3, 0.4) is 0 Å². The molecule has 0 heterocycles. The maximum atomic E-state index is 14.0. The molecule has 0 unspecified atom stereocenters. The molecule has 1 fully saturated rings. The highest BCUT2D eigenvalue weighted by atomic mass is 19.1. The zero-order valence-electron chi connectivity index (χ0n) is 14.9. The number of halogens is 1. The van der Waals surface area contributed by atoms with Gasteiger partial charge in [0.25, 0.3) is 0 Å². The number of hydrogen-bond donors (Lipinski definition) is 2. The van der Waals surface area contributed by atoms with E-state index in [9.17, 15) is 4.39 Å². The van der Waals surface area contributed by atoms with Crippen LogP contribution in [0.15, 0.2) is 23.2 Å². The van der Waals surface area contributed by atoms with Crippen LogP contribution in [-0.2, 0) is 11.3 Å². The number of aliphatic imine (C=N–C) groups is 1. The highest BCUT2D eigenvalue weighted by Gasteiger charge is 2.20. The molecule has 134 valence electrons. The van der Waals surface area contributed by atoms with Gasteiger partial charge in [0, 0.05) is 47.4 Å². The first-order valence-corrected chi connectivity index (χ1v) is 8.58. The van der Waals surface area contributed by atoms with E-state index in [1.54, 1.807) is 24.1 Å². The van der Waals surface area contributed by atoms with Crippen molar-refractivity contribution in [1.82, 2.24) is 10.6 Å². The molecular formula is C18H29FN4O. The number of ether oxygens (including phenoxy) is 1. The SMILES string of the molecule is CN=C(NCCCOCC1CC1)NCc1ccc(N(C)C)c(F)c1. The summed E-state index contributed by atoms with van der Waals surface area (Å²) >= 11 is 0. The average Bonchev–Trinajstić information content (AvgIpc) is 3.37. The van der Waals surface area contributed by atoms with Crippen LogP contribution in [0, 0.1) is 11.7 Å². The largest absolute Gasteiger partial charge is 0.381 e. The number of rotatable bonds is 9. The third-order valence-electron chi connectivity index (χ3n) is 3.99. The highest BCUT2D eigenvalue weighted by Crippen LogP contribution is 2.28. The summed E-state index contributed by atoms with van der Waals surface area (Å²) in [5.74, 6) is 1.32. The van der Waals surface area contributed by atoms with Crippen LogP contribution < -0.4 is 15.5 Å². The predicted molar refractivity (Wildman–Crippen MR) is 97.1 cm³/mol. The molecule has 0 saturated heterocycles. The van der Waals surface area contributed by atoms with Crippen molar-refractivity contribution < 1.29 is 9.13 Å². The molecule has 6 heteroatoms. The van der Waals surface area contributed by atoms with Gasteiger partial charge in [-0.05, 0) is 42.9 Å². The molecule has 1 aliphatic rings. The molecule has 0 aromatic heterocycles. The summed E-state index contributed by atoms with van der Waals surface area (Å²) in [6.07, 6.45) is 3.59. The first-order chi connectivity index (χ1) is 11.6. The van der Waals surface area contributed by atoms with Gasteiger partial charge in [-0.15, -0.1) is 0 Å². The molecule has 0 atom stereocenters. The van der Waals surface area contributed by atoms with Crippen molar-refractivity contribution in [1.29, 1.82) is 0 Å². The fraction of sp³-hybridized carbons (Fsp3) is 0.611. The van der Waals surface area contributed by atoms with Crippen LogP contribution in [0.25, 0.3) is 0 Å². The average molecular weight is 336 g/mol. The molecule has 1 aliphatic carbocycles. The second-order valence-electron chi connectivity index (χ2n) is 6.40. The fourth-order valence-corrected chi connectivity index (χ4v) is 2.34. The monoisotopic (exact) mass is 336 g/mol. The molecule has 2 N–H and O–H groups in total. The molecule has 2 rings (SSSR count). The summed E-state index contributed by atoms with van der Waals surface area (Å²) in [5, 5.41) is 6.44. The van der Waals surface area contributed by atoms with Crippen molar-refractivity contribution in [3.8, 4) is 0 Å². The van der Waals surface area contributed by atoms with Crippen LogP contribution >= 0.6 is 0 Å². The van der Waals surface area contributed by atoms with E-state index < -0.39 is 0 Å². The van der Waals surface area contributed by atoms with Gasteiger partial charge in [-0.3, -0.25) is 4.99 Å². The molecule has 0 radical (unpaired) electrons. The van der Waals surface area contributed by atoms with Gasteiger partial charge in [0.1, 0.15) is 5.82 Å². The van der Waals surface area contributed by atoms with E-state index in [0.717, 1.165) is 37.7 Å². The summed E-state index contributed by atoms with van der Waals surface area (Å²) < 4.78 is 19.6. The molecule has 0 aliphatic heterocycles. The maximum Gasteiger partial charge on any atom is 0.191 e. The quantitative estimate of drug-likeness (QED) is 0.413. The van der Waals surface area contributed by atoms with Crippen LogP contribution in [0.5, 0.6) is 0 Å². The molecular weight excluding hydrogens is 307 g/mol. The van der Waals surface area contributed by atoms with Gasteiger partial charge in [-0.25, -0.2) is 4.39 Å². The van der Waals surface area contributed by atoms with Crippen molar-refractivity contribution in [2.24, 2.45) is 10.9 Å². The molecule has 1 aromatic rings. The van der Waals surface area contributed by atoms with E-state index in [4.69, 9.17) is 4.74 Å². The van der Waals surface area contributed by atoms with E-state index in [0.29, 0.717) is 18.2 Å². The Morgan fingerprint density at radius 2 is 2.12 bits per heavy atom. The molecule has 5 nitrogen and oxygen atoms in total. The molecule has 1 saturated carbocycles. The highest BCUT2D eigenvalue weighted by molar-refractivity contribution is 5.79. The third-order valence-corrected chi connectivity index (χ3v) is 3.99. The van der Waals surface area contributed by atoms with Gasteiger partial charge in [-0.1, -0.05) is 6.07 Å². The van der Waals surface area contributed by atoms with Crippen molar-refractivity contribution >= 4 is 11.6 Å². The standard InChI is InChI=1S/C18H29FN4O/c1-20-18(21-9-4-10-24-13-14-5-6-14)22-12-15-7-8-17(23(2)3)16(19)11-15/h7-8,11,14H,4-6,9-10,12-13H2,1-3H3,(H2,20,21,22). The zero-order valence-corrected chi connectivity index (χ0v) is 14.9. The lowest BCUT2D eigenvalue weighted by Crippen LogP contribution is -2.37. The summed E-state index contributed by atoms with van der Waals surface area (Å²) in [6.45, 7) is 3.01. The molecule has 0 spiro atoms. The number of guanidine groups is 1. The van der Waals surface area contributed by atoms with Crippen molar-refractivity contribution in [3.05, 3.63) is 29.6 Å². The molecule has 0 bridgehead atoms. The Labute approximate surface area is 144 Å². The lowest BCUT2D eigenvalue weighted by atomic mass is 10.2. The first-order valence-electron chi connectivity index (χ1n) is 8.58. The Balaban J connectivity index is 1.66. The second-order valence-corrected chi connectivity index (χ2v) is 6.40. The molecule has 0 amide bonds. The number of hydrogen-bond acceptors (Lipinski definition) is 3. The number of nitrogens with zero attached hydrogens (tertiary/aromatic N) is 2. The van der Waals surface area contributed by atoms with Crippen molar-refractivity contribution in [2.75, 3.05) is 45.8 Å². The Hall–Kier alpha value is -1.82. The van der Waals surface area contributed by atoms with Gasteiger partial charge in [-0.2, -0.15) is 0 Å². The van der Waals surface area contributed by atoms with Crippen molar-refractivity contribution in [3.63, 3.8) is 0 Å². The van der Waals surface area contributed by atoms with Crippen LogP contribution in [0.1, 0.15) is 24.8 Å². The Morgan fingerprint density at radius 1 is 1.33 bits per heavy atom. The Bertz CT molecular complexity index is 544. The number of nitrogens with one attached hydrogen (secondary N) is 2. The molecule has 1 aromatic carbocycles. The predicted octanol–water partition coefficient (Wildman–Crippen LogP) is 2.37. The lowest BCUT2D eigenvalue weighted by molar-refractivity contribution is 0.123. The Kier molecular flexibility index (Phi) is 7.31. The third kappa shape index (κ3) is 6.35. The van der Waals surface area contributed by atoms with Crippen LogP contribution in [-0.4, -0.2) is 46.9 Å². The summed E-state index contributed by atoms with van der Waals surface area (Å²) in [5.41, 5.74) is 1.47. The zero-order chi connectivity index (χ0) is 17.4. The summed E-state index contributed by atoms with van der Waals surface area (Å²) in [7, 11) is 5.39. The normalized spacial score (nSPS) is 14.6.